The average Bonchev–Trinajstić information content (AvgIpc) is 3.33. The molecule has 0 aromatic heterocycles. The van der Waals surface area contributed by atoms with Crippen LogP contribution in [0.25, 0.3) is 0 Å². The predicted molar refractivity (Wildman–Crippen MR) is 164 cm³/mol. The number of anilines is 1. The number of amides is 3. The lowest BCUT2D eigenvalue weighted by molar-refractivity contribution is -0.157. The molecule has 1 unspecified atom stereocenters. The molecule has 2 aromatic rings. The van der Waals surface area contributed by atoms with E-state index in [0.29, 0.717) is 32.5 Å². The van der Waals surface area contributed by atoms with Gasteiger partial charge in [0.2, 0.25) is 17.7 Å². The summed E-state index contributed by atoms with van der Waals surface area (Å²) in [7, 11) is 0. The lowest BCUT2D eigenvalue weighted by atomic mass is 9.73. The minimum Gasteiger partial charge on any atom is -0.394 e. The van der Waals surface area contributed by atoms with Crippen molar-refractivity contribution in [2.75, 3.05) is 24.6 Å². The number of para-hydroxylation sites is 1. The summed E-state index contributed by atoms with van der Waals surface area (Å²) in [5.41, 5.74) is -0.693. The summed E-state index contributed by atoms with van der Waals surface area (Å²) in [5.74, 6) is -2.57. The van der Waals surface area contributed by atoms with Crippen molar-refractivity contribution in [2.24, 2.45) is 17.8 Å². The van der Waals surface area contributed by atoms with Crippen LogP contribution in [-0.4, -0.2) is 75.6 Å². The fourth-order valence-electron chi connectivity index (χ4n) is 7.70. The second-order valence-electron chi connectivity index (χ2n) is 12.3. The second-order valence-corrected chi connectivity index (χ2v) is 12.3. The minimum atomic E-state index is -1.36. The van der Waals surface area contributed by atoms with Gasteiger partial charge < -0.3 is 24.5 Å². The number of hydrogen-bond acceptors (Lipinski definition) is 5. The van der Waals surface area contributed by atoms with Crippen LogP contribution in [0.2, 0.25) is 0 Å². The van der Waals surface area contributed by atoms with Crippen LogP contribution in [0.15, 0.2) is 85.0 Å². The van der Waals surface area contributed by atoms with Crippen LogP contribution in [0.3, 0.4) is 0 Å². The lowest BCUT2D eigenvalue weighted by Gasteiger charge is -2.42. The van der Waals surface area contributed by atoms with Crippen LogP contribution < -0.4 is 4.90 Å². The monoisotopic (exact) mass is 583 g/mol. The number of carbonyl (C=O) groups is 3. The van der Waals surface area contributed by atoms with Crippen molar-refractivity contribution in [3.05, 3.63) is 90.5 Å². The Balaban J connectivity index is 1.50. The normalized spacial score (nSPS) is 31.4. The standard InChI is InChI=1S/C35H41N3O5/c1-4-24(3)27(23-39)38-30-33(42)36(22-25-14-8-6-9-15-25)20-13-19-35(30)29(32(38)41)28-31(40)37(26-16-10-7-11-17-26)21-12-18-34(28,5-2)43-35/h6-19,24,27-30,39H,4-5,20-23H2,1-3H3/t24-,27-,28+,29-,30?,34-,35-/m0/s1. The fourth-order valence-corrected chi connectivity index (χ4v) is 7.70. The molecule has 43 heavy (non-hydrogen) atoms. The van der Waals surface area contributed by atoms with E-state index >= 15 is 0 Å². The van der Waals surface area contributed by atoms with Gasteiger partial charge in [-0.15, -0.1) is 0 Å². The molecule has 0 bridgehead atoms. The summed E-state index contributed by atoms with van der Waals surface area (Å²) in [6.07, 6.45) is 8.87. The van der Waals surface area contributed by atoms with E-state index < -0.39 is 35.1 Å². The van der Waals surface area contributed by atoms with Crippen LogP contribution in [0, 0.1) is 17.8 Å². The summed E-state index contributed by atoms with van der Waals surface area (Å²) < 4.78 is 7.10. The van der Waals surface area contributed by atoms with Gasteiger partial charge in [0, 0.05) is 25.3 Å². The summed E-state index contributed by atoms with van der Waals surface area (Å²) in [6.45, 7) is 6.76. The minimum absolute atomic E-state index is 0.0751. The molecule has 2 aromatic carbocycles. The third kappa shape index (κ3) is 4.54. The molecular weight excluding hydrogens is 542 g/mol. The van der Waals surface area contributed by atoms with Gasteiger partial charge in [-0.25, -0.2) is 0 Å². The van der Waals surface area contributed by atoms with Crippen molar-refractivity contribution < 1.29 is 24.2 Å². The molecule has 3 amide bonds. The fraction of sp³-hybridized carbons (Fsp3) is 0.457. The number of fused-ring (bicyclic) bond motifs is 2. The van der Waals surface area contributed by atoms with Crippen LogP contribution in [0.1, 0.15) is 39.2 Å². The van der Waals surface area contributed by atoms with Gasteiger partial charge in [-0.05, 0) is 30.0 Å². The molecular formula is C35H41N3O5. The van der Waals surface area contributed by atoms with E-state index in [1.54, 1.807) is 14.7 Å². The first-order chi connectivity index (χ1) is 20.8. The number of rotatable bonds is 8. The highest BCUT2D eigenvalue weighted by Gasteiger charge is 2.76. The van der Waals surface area contributed by atoms with Gasteiger partial charge in [0.05, 0.1) is 30.1 Å². The Kier molecular flexibility index (Phi) is 7.77. The molecule has 7 atom stereocenters. The van der Waals surface area contributed by atoms with Gasteiger partial charge >= 0.3 is 0 Å². The number of ether oxygens (including phenoxy) is 1. The Labute approximate surface area is 253 Å². The van der Waals surface area contributed by atoms with Gasteiger partial charge in [-0.1, -0.05) is 100 Å². The first kappa shape index (κ1) is 29.3. The van der Waals surface area contributed by atoms with Crippen LogP contribution in [0.4, 0.5) is 5.69 Å². The molecule has 8 nitrogen and oxygen atoms in total. The average molecular weight is 584 g/mol. The predicted octanol–water partition coefficient (Wildman–Crippen LogP) is 3.96. The highest BCUT2D eigenvalue weighted by molar-refractivity contribution is 6.04. The number of nitrogens with zero attached hydrogens (tertiary/aromatic N) is 3. The number of likely N-dealkylation sites (tertiary alicyclic amines) is 1. The third-order valence-electron chi connectivity index (χ3n) is 10.1. The van der Waals surface area contributed by atoms with E-state index in [1.165, 1.54) is 0 Å². The van der Waals surface area contributed by atoms with Gasteiger partial charge in [0.15, 0.2) is 0 Å². The molecule has 4 aliphatic heterocycles. The first-order valence-electron chi connectivity index (χ1n) is 15.5. The molecule has 6 rings (SSSR count). The molecule has 0 aliphatic carbocycles. The summed E-state index contributed by atoms with van der Waals surface area (Å²) in [6, 6.07) is 17.6. The molecule has 8 heteroatoms. The Morgan fingerprint density at radius 2 is 1.56 bits per heavy atom. The Morgan fingerprint density at radius 1 is 0.884 bits per heavy atom. The summed E-state index contributed by atoms with van der Waals surface area (Å²) in [5, 5.41) is 10.7. The molecule has 2 saturated heterocycles. The highest BCUT2D eigenvalue weighted by atomic mass is 16.5. The Bertz CT molecular complexity index is 1430. The van der Waals surface area contributed by atoms with E-state index in [1.807, 2.05) is 106 Å². The van der Waals surface area contributed by atoms with Crippen molar-refractivity contribution in [3.63, 3.8) is 0 Å². The maximum Gasteiger partial charge on any atom is 0.249 e. The lowest BCUT2D eigenvalue weighted by Crippen LogP contribution is -2.59. The molecule has 0 radical (unpaired) electrons. The van der Waals surface area contributed by atoms with Gasteiger partial charge in [-0.2, -0.15) is 0 Å². The molecule has 0 saturated carbocycles. The van der Waals surface area contributed by atoms with Crippen molar-refractivity contribution in [3.8, 4) is 0 Å². The van der Waals surface area contributed by atoms with Gasteiger partial charge in [0.1, 0.15) is 11.6 Å². The van der Waals surface area contributed by atoms with Crippen LogP contribution in [0.5, 0.6) is 0 Å². The van der Waals surface area contributed by atoms with Crippen LogP contribution in [-0.2, 0) is 25.7 Å². The molecule has 1 spiro atoms. The molecule has 2 fully saturated rings. The molecule has 1 N–H and O–H groups in total. The van der Waals surface area contributed by atoms with Gasteiger partial charge in [0.25, 0.3) is 0 Å². The number of hydrogen-bond donors (Lipinski definition) is 1. The highest BCUT2D eigenvalue weighted by Crippen LogP contribution is 2.59. The Hall–Kier alpha value is -3.75. The quantitative estimate of drug-likeness (QED) is 0.476. The summed E-state index contributed by atoms with van der Waals surface area (Å²) >= 11 is 0. The zero-order valence-electron chi connectivity index (χ0n) is 25.1. The second kappa shape index (κ2) is 11.4. The number of benzene rings is 2. The van der Waals surface area contributed by atoms with Gasteiger partial charge in [-0.3, -0.25) is 14.4 Å². The Morgan fingerprint density at radius 3 is 2.21 bits per heavy atom. The van der Waals surface area contributed by atoms with E-state index in [9.17, 15) is 19.5 Å². The summed E-state index contributed by atoms with van der Waals surface area (Å²) in [4.78, 5) is 49.2. The van der Waals surface area contributed by atoms with E-state index in [2.05, 4.69) is 0 Å². The number of carbonyl (C=O) groups excluding carboxylic acids is 3. The largest absolute Gasteiger partial charge is 0.394 e. The third-order valence-corrected chi connectivity index (χ3v) is 10.1. The zero-order valence-corrected chi connectivity index (χ0v) is 25.1. The van der Waals surface area contributed by atoms with E-state index in [-0.39, 0.29) is 30.2 Å². The van der Waals surface area contributed by atoms with Crippen molar-refractivity contribution in [2.45, 2.75) is 63.4 Å². The van der Waals surface area contributed by atoms with Crippen molar-refractivity contribution in [1.29, 1.82) is 0 Å². The van der Waals surface area contributed by atoms with Crippen molar-refractivity contribution >= 4 is 23.4 Å². The van der Waals surface area contributed by atoms with Crippen molar-refractivity contribution in [1.82, 2.24) is 9.80 Å². The topological polar surface area (TPSA) is 90.4 Å². The first-order valence-corrected chi connectivity index (χ1v) is 15.5. The number of aliphatic hydroxyl groups excluding tert-OH is 1. The smallest absolute Gasteiger partial charge is 0.249 e. The molecule has 226 valence electrons. The van der Waals surface area contributed by atoms with E-state index in [4.69, 9.17) is 4.74 Å². The van der Waals surface area contributed by atoms with E-state index in [0.717, 1.165) is 11.3 Å². The zero-order chi connectivity index (χ0) is 30.4. The number of aliphatic hydroxyl groups is 1. The maximum absolute atomic E-state index is 14.8. The SMILES string of the molecule is CC[C@H](C)[C@H](CO)N1C(=O)[C@@H]2[C@@H]3C(=O)N(c4ccccc4)CC=C[C@]3(CC)O[C@@]23C=CCN(Cc2ccccc2)C(=O)C13. The van der Waals surface area contributed by atoms with Crippen LogP contribution >= 0.6 is 0 Å². The molecule has 4 heterocycles. The maximum atomic E-state index is 14.8. The molecule has 4 aliphatic rings.